The summed E-state index contributed by atoms with van der Waals surface area (Å²) in [6.45, 7) is 5.61. The van der Waals surface area contributed by atoms with E-state index in [4.69, 9.17) is 4.74 Å². The molecule has 2 saturated heterocycles. The van der Waals surface area contributed by atoms with Crippen LogP contribution in [0.15, 0.2) is 18.3 Å². The zero-order valence-corrected chi connectivity index (χ0v) is 14.7. The summed E-state index contributed by atoms with van der Waals surface area (Å²) in [5.74, 6) is -0.281. The summed E-state index contributed by atoms with van der Waals surface area (Å²) >= 11 is 0. The molecular weight excluding hydrogens is 341 g/mol. The minimum Gasteiger partial charge on any atom is -0.378 e. The normalized spacial score (nSPS) is 18.7. The lowest BCUT2D eigenvalue weighted by atomic mass is 10.3. The van der Waals surface area contributed by atoms with Crippen molar-refractivity contribution >= 4 is 11.9 Å². The molecule has 3 amide bonds. The zero-order valence-electron chi connectivity index (χ0n) is 14.7. The van der Waals surface area contributed by atoms with Gasteiger partial charge in [0.05, 0.1) is 38.2 Å². The summed E-state index contributed by atoms with van der Waals surface area (Å²) < 4.78 is 18.1. The van der Waals surface area contributed by atoms with Gasteiger partial charge in [-0.25, -0.2) is 9.18 Å². The molecule has 2 aliphatic heterocycles. The van der Waals surface area contributed by atoms with Gasteiger partial charge < -0.3 is 19.9 Å². The second kappa shape index (κ2) is 8.91. The van der Waals surface area contributed by atoms with Gasteiger partial charge in [0.25, 0.3) is 0 Å². The Morgan fingerprint density at radius 3 is 2.46 bits per heavy atom. The number of aromatic nitrogens is 1. The molecule has 0 spiro atoms. The van der Waals surface area contributed by atoms with E-state index in [9.17, 15) is 14.0 Å². The SMILES string of the molecule is O=C(CN1CCN(C(=O)NCc2ccc(F)cn2)CC1)N1CCOCC1. The van der Waals surface area contributed by atoms with Crippen LogP contribution in [0.25, 0.3) is 0 Å². The Labute approximate surface area is 151 Å². The topological polar surface area (TPSA) is 78.0 Å². The lowest BCUT2D eigenvalue weighted by Gasteiger charge is -2.36. The molecule has 0 aromatic carbocycles. The van der Waals surface area contributed by atoms with E-state index in [-0.39, 0.29) is 18.5 Å². The minimum absolute atomic E-state index is 0.119. The average Bonchev–Trinajstić information content (AvgIpc) is 2.68. The van der Waals surface area contributed by atoms with Gasteiger partial charge in [-0.3, -0.25) is 14.7 Å². The first kappa shape index (κ1) is 18.5. The van der Waals surface area contributed by atoms with Crippen LogP contribution in [0.3, 0.4) is 0 Å². The number of piperazine rings is 1. The maximum atomic E-state index is 12.8. The van der Waals surface area contributed by atoms with E-state index in [1.54, 1.807) is 11.0 Å². The van der Waals surface area contributed by atoms with Crippen molar-refractivity contribution < 1.29 is 18.7 Å². The Hall–Kier alpha value is -2.26. The van der Waals surface area contributed by atoms with Gasteiger partial charge in [-0.2, -0.15) is 0 Å². The molecule has 1 aromatic rings. The van der Waals surface area contributed by atoms with E-state index in [2.05, 4.69) is 15.2 Å². The van der Waals surface area contributed by atoms with E-state index in [0.717, 1.165) is 6.20 Å². The summed E-state index contributed by atoms with van der Waals surface area (Å²) in [4.78, 5) is 34.0. The van der Waals surface area contributed by atoms with Crippen LogP contribution < -0.4 is 5.32 Å². The number of ether oxygens (including phenoxy) is 1. The maximum absolute atomic E-state index is 12.8. The van der Waals surface area contributed by atoms with Crippen molar-refractivity contribution in [2.24, 2.45) is 0 Å². The minimum atomic E-state index is -0.400. The third kappa shape index (κ3) is 5.12. The van der Waals surface area contributed by atoms with Crippen LogP contribution in [-0.4, -0.2) is 90.6 Å². The van der Waals surface area contributed by atoms with Crippen molar-refractivity contribution in [3.05, 3.63) is 29.8 Å². The third-order valence-electron chi connectivity index (χ3n) is 4.59. The molecule has 0 saturated carbocycles. The predicted molar refractivity (Wildman–Crippen MR) is 91.8 cm³/mol. The fourth-order valence-corrected chi connectivity index (χ4v) is 3.00. The third-order valence-corrected chi connectivity index (χ3v) is 4.59. The van der Waals surface area contributed by atoms with Crippen LogP contribution in [-0.2, 0) is 16.1 Å². The molecule has 2 aliphatic rings. The van der Waals surface area contributed by atoms with Gasteiger partial charge in [0.1, 0.15) is 5.82 Å². The van der Waals surface area contributed by atoms with Gasteiger partial charge in [0.15, 0.2) is 0 Å². The van der Waals surface area contributed by atoms with Crippen LogP contribution in [0.2, 0.25) is 0 Å². The van der Waals surface area contributed by atoms with E-state index in [1.165, 1.54) is 6.07 Å². The first-order valence-electron chi connectivity index (χ1n) is 8.83. The largest absolute Gasteiger partial charge is 0.378 e. The molecule has 142 valence electrons. The lowest BCUT2D eigenvalue weighted by molar-refractivity contribution is -0.136. The fourth-order valence-electron chi connectivity index (χ4n) is 3.00. The van der Waals surface area contributed by atoms with Gasteiger partial charge in [-0.15, -0.1) is 0 Å². The Bertz CT molecular complexity index is 613. The quantitative estimate of drug-likeness (QED) is 0.807. The number of urea groups is 1. The first-order valence-corrected chi connectivity index (χ1v) is 8.83. The Morgan fingerprint density at radius 1 is 1.08 bits per heavy atom. The van der Waals surface area contributed by atoms with Crippen LogP contribution in [0.5, 0.6) is 0 Å². The van der Waals surface area contributed by atoms with E-state index in [0.29, 0.717) is 64.7 Å². The van der Waals surface area contributed by atoms with Crippen molar-refractivity contribution in [1.29, 1.82) is 0 Å². The van der Waals surface area contributed by atoms with Crippen LogP contribution >= 0.6 is 0 Å². The lowest BCUT2D eigenvalue weighted by Crippen LogP contribution is -2.54. The molecule has 8 nitrogen and oxygen atoms in total. The molecule has 1 N–H and O–H groups in total. The van der Waals surface area contributed by atoms with Crippen LogP contribution in [0.4, 0.5) is 9.18 Å². The van der Waals surface area contributed by atoms with Gasteiger partial charge >= 0.3 is 6.03 Å². The van der Waals surface area contributed by atoms with Crippen LogP contribution in [0, 0.1) is 5.82 Å². The maximum Gasteiger partial charge on any atom is 0.317 e. The highest BCUT2D eigenvalue weighted by Gasteiger charge is 2.24. The number of hydrogen-bond acceptors (Lipinski definition) is 5. The highest BCUT2D eigenvalue weighted by molar-refractivity contribution is 5.78. The van der Waals surface area contributed by atoms with Crippen molar-refractivity contribution in [2.75, 3.05) is 59.0 Å². The summed E-state index contributed by atoms with van der Waals surface area (Å²) in [6.07, 6.45) is 1.13. The Kier molecular flexibility index (Phi) is 6.35. The second-order valence-electron chi connectivity index (χ2n) is 6.38. The Balaban J connectivity index is 1.38. The van der Waals surface area contributed by atoms with E-state index in [1.807, 2.05) is 4.90 Å². The molecule has 9 heteroatoms. The highest BCUT2D eigenvalue weighted by Crippen LogP contribution is 2.05. The number of rotatable bonds is 4. The van der Waals surface area contributed by atoms with Gasteiger partial charge in [-0.1, -0.05) is 0 Å². The Morgan fingerprint density at radius 2 is 1.81 bits per heavy atom. The summed E-state index contributed by atoms with van der Waals surface area (Å²) in [7, 11) is 0. The predicted octanol–water partition coefficient (Wildman–Crippen LogP) is -0.0933. The molecule has 0 unspecified atom stereocenters. The number of carbonyl (C=O) groups is 2. The second-order valence-corrected chi connectivity index (χ2v) is 6.38. The molecule has 0 aliphatic carbocycles. The van der Waals surface area contributed by atoms with Crippen LogP contribution in [0.1, 0.15) is 5.69 Å². The van der Waals surface area contributed by atoms with Crippen molar-refractivity contribution in [2.45, 2.75) is 6.54 Å². The molecule has 3 heterocycles. The summed E-state index contributed by atoms with van der Waals surface area (Å²) in [6, 6.07) is 2.69. The number of hydrogen-bond donors (Lipinski definition) is 1. The smallest absolute Gasteiger partial charge is 0.317 e. The van der Waals surface area contributed by atoms with Gasteiger partial charge in [-0.05, 0) is 12.1 Å². The number of pyridine rings is 1. The highest BCUT2D eigenvalue weighted by atomic mass is 19.1. The van der Waals surface area contributed by atoms with Crippen molar-refractivity contribution in [3.63, 3.8) is 0 Å². The van der Waals surface area contributed by atoms with E-state index >= 15 is 0 Å². The first-order chi connectivity index (χ1) is 12.6. The average molecular weight is 365 g/mol. The summed E-state index contributed by atoms with van der Waals surface area (Å²) in [5.41, 5.74) is 0.606. The summed E-state index contributed by atoms with van der Waals surface area (Å²) in [5, 5.41) is 2.79. The monoisotopic (exact) mass is 365 g/mol. The van der Waals surface area contributed by atoms with Gasteiger partial charge in [0, 0.05) is 39.3 Å². The van der Waals surface area contributed by atoms with Gasteiger partial charge in [0.2, 0.25) is 5.91 Å². The van der Waals surface area contributed by atoms with Crippen molar-refractivity contribution in [3.8, 4) is 0 Å². The molecular formula is C17H24FN5O3. The molecule has 1 aromatic heterocycles. The number of morpholine rings is 1. The molecule has 0 atom stereocenters. The molecule has 3 rings (SSSR count). The van der Waals surface area contributed by atoms with Crippen molar-refractivity contribution in [1.82, 2.24) is 25.0 Å². The molecule has 0 radical (unpaired) electrons. The number of nitrogens with one attached hydrogen (secondary N) is 1. The molecule has 2 fully saturated rings. The number of nitrogens with zero attached hydrogens (tertiary/aromatic N) is 4. The molecule has 0 bridgehead atoms. The standard InChI is InChI=1S/C17H24FN5O3/c18-14-1-2-15(19-11-14)12-20-17(25)23-5-3-21(4-6-23)13-16(24)22-7-9-26-10-8-22/h1-2,11H,3-10,12-13H2,(H,20,25). The fraction of sp³-hybridized carbons (Fsp3) is 0.588. The number of amides is 3. The zero-order chi connectivity index (χ0) is 18.4. The number of carbonyl (C=O) groups excluding carboxylic acids is 2. The molecule has 26 heavy (non-hydrogen) atoms. The van der Waals surface area contributed by atoms with E-state index < -0.39 is 5.82 Å². The number of halogens is 1.